The average Bonchev–Trinajstić information content (AvgIpc) is 3.07. The number of imidazole rings is 1. The SMILES string of the molecule is CCCCN(C(=O)c1cnc2c(c1)ncn2C)c1c(N)n(CC(C)C)c(=O)[nH]c1=O. The van der Waals surface area contributed by atoms with Crippen LogP contribution in [0.3, 0.4) is 0 Å². The highest BCUT2D eigenvalue weighted by Gasteiger charge is 2.26. The largest absolute Gasteiger partial charge is 0.383 e. The van der Waals surface area contributed by atoms with E-state index in [1.807, 2.05) is 27.8 Å². The number of pyridine rings is 1. The van der Waals surface area contributed by atoms with Gasteiger partial charge in [0.15, 0.2) is 11.3 Å². The number of hydrogen-bond donors (Lipinski definition) is 2. The Kier molecular flexibility index (Phi) is 6.04. The number of aryl methyl sites for hydroxylation is 1. The normalized spacial score (nSPS) is 11.4. The molecule has 10 heteroatoms. The van der Waals surface area contributed by atoms with Crippen molar-refractivity contribution in [2.75, 3.05) is 17.2 Å². The van der Waals surface area contributed by atoms with Crippen molar-refractivity contribution >= 4 is 28.6 Å². The molecule has 3 heterocycles. The third-order valence-electron chi connectivity index (χ3n) is 4.81. The van der Waals surface area contributed by atoms with E-state index < -0.39 is 17.2 Å². The number of nitrogens with one attached hydrogen (secondary N) is 1. The van der Waals surface area contributed by atoms with Crippen molar-refractivity contribution in [3.05, 3.63) is 45.0 Å². The molecule has 0 radical (unpaired) electrons. The van der Waals surface area contributed by atoms with E-state index in [-0.39, 0.29) is 29.5 Å². The van der Waals surface area contributed by atoms with Gasteiger partial charge in [0.25, 0.3) is 11.5 Å². The number of carbonyl (C=O) groups excluding carboxylic acids is 1. The first-order valence-electron chi connectivity index (χ1n) is 9.96. The first kappa shape index (κ1) is 21.3. The summed E-state index contributed by atoms with van der Waals surface area (Å²) in [5.41, 5.74) is 6.45. The number of hydrogen-bond acceptors (Lipinski definition) is 6. The number of amides is 1. The molecule has 0 aliphatic heterocycles. The summed E-state index contributed by atoms with van der Waals surface area (Å²) >= 11 is 0. The second kappa shape index (κ2) is 8.52. The smallest absolute Gasteiger partial charge is 0.330 e. The van der Waals surface area contributed by atoms with E-state index in [1.165, 1.54) is 15.7 Å². The number of nitrogens with two attached hydrogens (primary N) is 1. The summed E-state index contributed by atoms with van der Waals surface area (Å²) in [5, 5.41) is 0. The molecule has 3 aromatic heterocycles. The van der Waals surface area contributed by atoms with Gasteiger partial charge >= 0.3 is 5.69 Å². The van der Waals surface area contributed by atoms with Crippen LogP contribution >= 0.6 is 0 Å². The van der Waals surface area contributed by atoms with Gasteiger partial charge in [-0.25, -0.2) is 14.8 Å². The zero-order valence-corrected chi connectivity index (χ0v) is 17.7. The van der Waals surface area contributed by atoms with Crippen molar-refractivity contribution < 1.29 is 4.79 Å². The molecule has 0 atom stereocenters. The summed E-state index contributed by atoms with van der Waals surface area (Å²) in [6.45, 7) is 6.46. The maximum absolute atomic E-state index is 13.4. The number of carbonyl (C=O) groups is 1. The zero-order valence-electron chi connectivity index (χ0n) is 17.7. The van der Waals surface area contributed by atoms with E-state index in [0.29, 0.717) is 24.1 Å². The number of unbranched alkanes of at least 4 members (excludes halogenated alkanes) is 1. The third-order valence-corrected chi connectivity index (χ3v) is 4.81. The summed E-state index contributed by atoms with van der Waals surface area (Å²) < 4.78 is 3.05. The summed E-state index contributed by atoms with van der Waals surface area (Å²) in [6, 6.07) is 1.64. The Hall–Kier alpha value is -3.43. The lowest BCUT2D eigenvalue weighted by molar-refractivity contribution is 0.0986. The highest BCUT2D eigenvalue weighted by atomic mass is 16.2. The van der Waals surface area contributed by atoms with Gasteiger partial charge in [-0.1, -0.05) is 27.2 Å². The predicted octanol–water partition coefficient (Wildman–Crippen LogP) is 1.50. The first-order chi connectivity index (χ1) is 14.2. The number of aromatic nitrogens is 5. The maximum atomic E-state index is 13.4. The Morgan fingerprint density at radius 2 is 2.03 bits per heavy atom. The molecule has 0 unspecified atom stereocenters. The van der Waals surface area contributed by atoms with Gasteiger partial charge in [0.2, 0.25) is 0 Å². The highest BCUT2D eigenvalue weighted by Crippen LogP contribution is 2.22. The van der Waals surface area contributed by atoms with Crippen LogP contribution in [0.5, 0.6) is 0 Å². The molecule has 10 nitrogen and oxygen atoms in total. The molecule has 3 aromatic rings. The van der Waals surface area contributed by atoms with E-state index in [0.717, 1.165) is 6.42 Å². The van der Waals surface area contributed by atoms with E-state index in [4.69, 9.17) is 5.73 Å². The van der Waals surface area contributed by atoms with Gasteiger partial charge in [0.05, 0.1) is 11.9 Å². The minimum atomic E-state index is -0.686. The van der Waals surface area contributed by atoms with Crippen LogP contribution < -0.4 is 21.9 Å². The summed E-state index contributed by atoms with van der Waals surface area (Å²) in [4.78, 5) is 50.5. The topological polar surface area (TPSA) is 132 Å². The molecule has 1 amide bonds. The molecule has 0 saturated heterocycles. The molecular formula is C20H27N7O3. The Bertz CT molecular complexity index is 1190. The first-order valence-corrected chi connectivity index (χ1v) is 9.96. The molecule has 3 N–H and O–H groups in total. The summed E-state index contributed by atoms with van der Waals surface area (Å²) in [6.07, 6.45) is 4.54. The Morgan fingerprint density at radius 3 is 2.70 bits per heavy atom. The van der Waals surface area contributed by atoms with Crippen molar-refractivity contribution in [1.29, 1.82) is 0 Å². The van der Waals surface area contributed by atoms with Crippen LogP contribution in [0.25, 0.3) is 11.2 Å². The van der Waals surface area contributed by atoms with E-state index >= 15 is 0 Å². The average molecular weight is 413 g/mol. The summed E-state index contributed by atoms with van der Waals surface area (Å²) in [5.74, 6) is -0.316. The molecule has 160 valence electrons. The molecule has 0 bridgehead atoms. The highest BCUT2D eigenvalue weighted by molar-refractivity contribution is 6.08. The Morgan fingerprint density at radius 1 is 1.30 bits per heavy atom. The minimum absolute atomic E-state index is 0.0187. The van der Waals surface area contributed by atoms with Crippen LogP contribution in [0.2, 0.25) is 0 Å². The Balaban J connectivity index is 2.12. The molecule has 0 aliphatic rings. The van der Waals surface area contributed by atoms with Gasteiger partial charge in [0.1, 0.15) is 11.3 Å². The van der Waals surface area contributed by atoms with Gasteiger partial charge in [-0.3, -0.25) is 19.1 Å². The number of nitrogens with zero attached hydrogens (tertiary/aromatic N) is 5. The molecule has 30 heavy (non-hydrogen) atoms. The monoisotopic (exact) mass is 413 g/mol. The molecule has 0 aliphatic carbocycles. The van der Waals surface area contributed by atoms with Crippen LogP contribution in [0, 0.1) is 5.92 Å². The molecule has 0 aromatic carbocycles. The van der Waals surface area contributed by atoms with E-state index in [9.17, 15) is 14.4 Å². The number of rotatable bonds is 7. The van der Waals surface area contributed by atoms with Gasteiger partial charge in [0, 0.05) is 26.3 Å². The molecule has 3 rings (SSSR count). The quantitative estimate of drug-likeness (QED) is 0.603. The van der Waals surface area contributed by atoms with Gasteiger partial charge in [-0.2, -0.15) is 0 Å². The number of fused-ring (bicyclic) bond motifs is 1. The lowest BCUT2D eigenvalue weighted by atomic mass is 10.2. The third kappa shape index (κ3) is 3.98. The van der Waals surface area contributed by atoms with Crippen molar-refractivity contribution in [2.24, 2.45) is 13.0 Å². The maximum Gasteiger partial charge on any atom is 0.330 e. The van der Waals surface area contributed by atoms with E-state index in [2.05, 4.69) is 15.0 Å². The zero-order chi connectivity index (χ0) is 22.0. The van der Waals surface area contributed by atoms with Crippen LogP contribution in [-0.4, -0.2) is 36.5 Å². The van der Waals surface area contributed by atoms with Crippen LogP contribution in [0.1, 0.15) is 44.0 Å². The number of anilines is 2. The van der Waals surface area contributed by atoms with Crippen molar-refractivity contribution in [3.8, 4) is 0 Å². The van der Waals surface area contributed by atoms with E-state index in [1.54, 1.807) is 17.0 Å². The Labute approximate surface area is 173 Å². The molecule has 0 spiro atoms. The number of H-pyrrole nitrogens is 1. The van der Waals surface area contributed by atoms with Crippen molar-refractivity contribution in [2.45, 2.75) is 40.2 Å². The second-order valence-corrected chi connectivity index (χ2v) is 7.73. The van der Waals surface area contributed by atoms with Crippen molar-refractivity contribution in [1.82, 2.24) is 24.1 Å². The van der Waals surface area contributed by atoms with Crippen LogP contribution in [-0.2, 0) is 13.6 Å². The standard InChI is InChI=1S/C20H27N7O3/c1-5-6-7-26(15-16(21)27(10-12(2)3)20(30)24-18(15)28)19(29)13-8-14-17(22-9-13)25(4)11-23-14/h8-9,11-12H,5-7,10,21H2,1-4H3,(H,24,28,30). The van der Waals surface area contributed by atoms with Gasteiger partial charge < -0.3 is 15.2 Å². The molecule has 0 fully saturated rings. The van der Waals surface area contributed by atoms with Crippen molar-refractivity contribution in [3.63, 3.8) is 0 Å². The fourth-order valence-corrected chi connectivity index (χ4v) is 3.30. The summed E-state index contributed by atoms with van der Waals surface area (Å²) in [7, 11) is 1.82. The number of aromatic amines is 1. The fraction of sp³-hybridized carbons (Fsp3) is 0.450. The lowest BCUT2D eigenvalue weighted by Crippen LogP contribution is -2.42. The predicted molar refractivity (Wildman–Crippen MR) is 116 cm³/mol. The minimum Gasteiger partial charge on any atom is -0.383 e. The second-order valence-electron chi connectivity index (χ2n) is 7.73. The van der Waals surface area contributed by atoms with Crippen LogP contribution in [0.15, 0.2) is 28.2 Å². The molecule has 0 saturated carbocycles. The lowest BCUT2D eigenvalue weighted by Gasteiger charge is -2.24. The molecular weight excluding hydrogens is 386 g/mol. The van der Waals surface area contributed by atoms with Gasteiger partial charge in [-0.15, -0.1) is 0 Å². The fourth-order valence-electron chi connectivity index (χ4n) is 3.30. The number of nitrogen functional groups attached to an aromatic ring is 1. The van der Waals surface area contributed by atoms with Gasteiger partial charge in [-0.05, 0) is 18.4 Å². The van der Waals surface area contributed by atoms with Crippen LogP contribution in [0.4, 0.5) is 11.5 Å².